The van der Waals surface area contributed by atoms with Crippen LogP contribution in [0.2, 0.25) is 0 Å². The highest BCUT2D eigenvalue weighted by atomic mass is 16.3. The lowest BCUT2D eigenvalue weighted by Gasteiger charge is -2.12. The molecule has 0 bridgehead atoms. The number of hydrogen-bond acceptors (Lipinski definition) is 3. The number of hydrogen-bond donors (Lipinski definition) is 2. The van der Waals surface area contributed by atoms with Gasteiger partial charge in [-0.3, -0.25) is 0 Å². The van der Waals surface area contributed by atoms with Crippen molar-refractivity contribution in [2.24, 2.45) is 11.7 Å². The van der Waals surface area contributed by atoms with Gasteiger partial charge in [-0.15, -0.1) is 0 Å². The molecule has 2 rings (SSSR count). The van der Waals surface area contributed by atoms with E-state index >= 15 is 0 Å². The zero-order valence-corrected chi connectivity index (χ0v) is 9.57. The minimum atomic E-state index is 0.522. The predicted molar refractivity (Wildman–Crippen MR) is 67.5 cm³/mol. The van der Waals surface area contributed by atoms with E-state index in [1.54, 1.807) is 6.26 Å². The van der Waals surface area contributed by atoms with Gasteiger partial charge in [0.25, 0.3) is 0 Å². The third-order valence-corrected chi connectivity index (χ3v) is 2.97. The van der Waals surface area contributed by atoms with Crippen LogP contribution in [-0.2, 0) is 0 Å². The molecule has 86 valence electrons. The van der Waals surface area contributed by atoms with Crippen LogP contribution in [0.25, 0.3) is 11.0 Å². The Kier molecular flexibility index (Phi) is 3.47. The molecule has 0 saturated heterocycles. The van der Waals surface area contributed by atoms with E-state index in [1.165, 1.54) is 0 Å². The summed E-state index contributed by atoms with van der Waals surface area (Å²) in [5, 5.41) is 4.53. The van der Waals surface area contributed by atoms with Gasteiger partial charge >= 0.3 is 0 Å². The standard InChI is InChI=1S/C13H18N2O/c1-2-10(7-14)8-15-12-9-16-13-6-4-3-5-11(12)13/h3-6,9-10,15H,2,7-8,14H2,1H3. The molecule has 1 atom stereocenters. The number of nitrogens with one attached hydrogen (secondary N) is 1. The van der Waals surface area contributed by atoms with E-state index in [4.69, 9.17) is 10.2 Å². The molecule has 0 aliphatic rings. The number of furan rings is 1. The van der Waals surface area contributed by atoms with Crippen molar-refractivity contribution in [1.29, 1.82) is 0 Å². The molecule has 1 aromatic heterocycles. The van der Waals surface area contributed by atoms with Crippen LogP contribution in [0.15, 0.2) is 34.9 Å². The van der Waals surface area contributed by atoms with Crippen molar-refractivity contribution >= 4 is 16.7 Å². The first-order valence-corrected chi connectivity index (χ1v) is 5.75. The third-order valence-electron chi connectivity index (χ3n) is 2.97. The van der Waals surface area contributed by atoms with Gasteiger partial charge in [-0.25, -0.2) is 0 Å². The highest BCUT2D eigenvalue weighted by Crippen LogP contribution is 2.25. The molecule has 3 heteroatoms. The largest absolute Gasteiger partial charge is 0.462 e. The summed E-state index contributed by atoms with van der Waals surface area (Å²) in [5.41, 5.74) is 7.65. The van der Waals surface area contributed by atoms with Gasteiger partial charge in [0.2, 0.25) is 0 Å². The first-order valence-electron chi connectivity index (χ1n) is 5.75. The number of nitrogens with two attached hydrogens (primary N) is 1. The second-order valence-electron chi connectivity index (χ2n) is 4.04. The van der Waals surface area contributed by atoms with E-state index in [2.05, 4.69) is 18.3 Å². The zero-order chi connectivity index (χ0) is 11.4. The zero-order valence-electron chi connectivity index (χ0n) is 9.57. The highest BCUT2D eigenvalue weighted by molar-refractivity contribution is 5.90. The fourth-order valence-corrected chi connectivity index (χ4v) is 1.76. The fraction of sp³-hybridized carbons (Fsp3) is 0.385. The molecule has 2 aromatic rings. The molecule has 0 aliphatic carbocycles. The quantitative estimate of drug-likeness (QED) is 0.811. The summed E-state index contributed by atoms with van der Waals surface area (Å²) in [5.74, 6) is 0.522. The van der Waals surface area contributed by atoms with Crippen molar-refractivity contribution < 1.29 is 4.42 Å². The maximum absolute atomic E-state index is 5.67. The Balaban J connectivity index is 2.09. The van der Waals surface area contributed by atoms with E-state index in [-0.39, 0.29) is 0 Å². The molecule has 1 heterocycles. The van der Waals surface area contributed by atoms with E-state index in [0.717, 1.165) is 36.2 Å². The molecule has 0 radical (unpaired) electrons. The van der Waals surface area contributed by atoms with Crippen LogP contribution >= 0.6 is 0 Å². The predicted octanol–water partition coefficient (Wildman–Crippen LogP) is 2.83. The van der Waals surface area contributed by atoms with Gasteiger partial charge in [-0.2, -0.15) is 0 Å². The molecule has 0 saturated carbocycles. The van der Waals surface area contributed by atoms with Gasteiger partial charge in [-0.05, 0) is 24.6 Å². The monoisotopic (exact) mass is 218 g/mol. The van der Waals surface area contributed by atoms with Crippen LogP contribution in [0.5, 0.6) is 0 Å². The third kappa shape index (κ3) is 2.19. The molecular formula is C13H18N2O. The van der Waals surface area contributed by atoms with Crippen molar-refractivity contribution in [1.82, 2.24) is 0 Å². The first kappa shape index (κ1) is 11.0. The topological polar surface area (TPSA) is 51.2 Å². The summed E-state index contributed by atoms with van der Waals surface area (Å²) < 4.78 is 5.45. The first-order chi connectivity index (χ1) is 7.85. The maximum Gasteiger partial charge on any atom is 0.136 e. The van der Waals surface area contributed by atoms with Gasteiger partial charge in [0.15, 0.2) is 0 Å². The van der Waals surface area contributed by atoms with Crippen LogP contribution in [0.4, 0.5) is 5.69 Å². The summed E-state index contributed by atoms with van der Waals surface area (Å²) in [6, 6.07) is 8.03. The number of rotatable bonds is 5. The SMILES string of the molecule is CCC(CN)CNc1coc2ccccc12. The van der Waals surface area contributed by atoms with Crippen molar-refractivity contribution in [3.05, 3.63) is 30.5 Å². The summed E-state index contributed by atoms with van der Waals surface area (Å²) in [6.45, 7) is 3.78. The summed E-state index contributed by atoms with van der Waals surface area (Å²) in [7, 11) is 0. The molecule has 3 nitrogen and oxygen atoms in total. The molecule has 0 amide bonds. The number of fused-ring (bicyclic) bond motifs is 1. The van der Waals surface area contributed by atoms with Gasteiger partial charge in [-0.1, -0.05) is 25.5 Å². The van der Waals surface area contributed by atoms with Gasteiger partial charge in [0, 0.05) is 11.9 Å². The van der Waals surface area contributed by atoms with Crippen molar-refractivity contribution in [2.45, 2.75) is 13.3 Å². The molecule has 0 spiro atoms. The Bertz CT molecular complexity index is 446. The van der Waals surface area contributed by atoms with Crippen LogP contribution in [-0.4, -0.2) is 13.1 Å². The van der Waals surface area contributed by atoms with E-state index < -0.39 is 0 Å². The Labute approximate surface area is 95.6 Å². The minimum absolute atomic E-state index is 0.522. The number of para-hydroxylation sites is 1. The van der Waals surface area contributed by atoms with Gasteiger partial charge in [0.1, 0.15) is 11.8 Å². The molecular weight excluding hydrogens is 200 g/mol. The molecule has 0 aliphatic heterocycles. The Hall–Kier alpha value is -1.48. The maximum atomic E-state index is 5.67. The lowest BCUT2D eigenvalue weighted by atomic mass is 10.1. The van der Waals surface area contributed by atoms with Crippen molar-refractivity contribution in [2.75, 3.05) is 18.4 Å². The molecule has 3 N–H and O–H groups in total. The number of anilines is 1. The normalized spacial score (nSPS) is 12.9. The molecule has 1 unspecified atom stereocenters. The van der Waals surface area contributed by atoms with Crippen LogP contribution in [0.3, 0.4) is 0 Å². The Morgan fingerprint density at radius 2 is 2.19 bits per heavy atom. The Morgan fingerprint density at radius 3 is 2.94 bits per heavy atom. The average Bonchev–Trinajstić information content (AvgIpc) is 2.74. The van der Waals surface area contributed by atoms with Crippen molar-refractivity contribution in [3.63, 3.8) is 0 Å². The van der Waals surface area contributed by atoms with Crippen LogP contribution < -0.4 is 11.1 Å². The summed E-state index contributed by atoms with van der Waals surface area (Å²) in [4.78, 5) is 0. The van der Waals surface area contributed by atoms with Gasteiger partial charge in [0.05, 0.1) is 5.69 Å². The Morgan fingerprint density at radius 1 is 1.38 bits per heavy atom. The highest BCUT2D eigenvalue weighted by Gasteiger charge is 2.07. The summed E-state index contributed by atoms with van der Waals surface area (Å²) in [6.07, 6.45) is 2.87. The molecule has 1 aromatic carbocycles. The lowest BCUT2D eigenvalue weighted by Crippen LogP contribution is -2.21. The van der Waals surface area contributed by atoms with Crippen LogP contribution in [0.1, 0.15) is 13.3 Å². The second kappa shape index (κ2) is 5.03. The molecule has 0 fully saturated rings. The molecule has 16 heavy (non-hydrogen) atoms. The fourth-order valence-electron chi connectivity index (χ4n) is 1.76. The van der Waals surface area contributed by atoms with E-state index in [0.29, 0.717) is 5.92 Å². The van der Waals surface area contributed by atoms with E-state index in [9.17, 15) is 0 Å². The minimum Gasteiger partial charge on any atom is -0.462 e. The smallest absolute Gasteiger partial charge is 0.136 e. The lowest BCUT2D eigenvalue weighted by molar-refractivity contribution is 0.547. The second-order valence-corrected chi connectivity index (χ2v) is 4.04. The number of benzene rings is 1. The van der Waals surface area contributed by atoms with E-state index in [1.807, 2.05) is 18.2 Å². The van der Waals surface area contributed by atoms with Crippen LogP contribution in [0, 0.1) is 5.92 Å². The average molecular weight is 218 g/mol. The summed E-state index contributed by atoms with van der Waals surface area (Å²) >= 11 is 0. The van der Waals surface area contributed by atoms with Crippen molar-refractivity contribution in [3.8, 4) is 0 Å². The van der Waals surface area contributed by atoms with Gasteiger partial charge < -0.3 is 15.5 Å².